The molecule has 2 aromatic carbocycles. The molecular formula is C15H12ClN3O4S. The van der Waals surface area contributed by atoms with E-state index in [1.165, 1.54) is 18.3 Å². The molecule has 0 radical (unpaired) electrons. The highest BCUT2D eigenvalue weighted by Crippen LogP contribution is 2.27. The van der Waals surface area contributed by atoms with E-state index in [2.05, 4.69) is 10.5 Å². The first kappa shape index (κ1) is 16.4. The Morgan fingerprint density at radius 2 is 2.04 bits per heavy atom. The minimum atomic E-state index is -4.00. The van der Waals surface area contributed by atoms with Crippen molar-refractivity contribution < 1.29 is 17.7 Å². The predicted octanol–water partition coefficient (Wildman–Crippen LogP) is 2.31. The second-order valence-corrected chi connectivity index (χ2v) is 7.01. The molecular weight excluding hydrogens is 354 g/mol. The second-order valence-electron chi connectivity index (χ2n) is 5.07. The molecule has 24 heavy (non-hydrogen) atoms. The van der Waals surface area contributed by atoms with E-state index in [4.69, 9.17) is 21.3 Å². The molecule has 1 amide bonds. The Morgan fingerprint density at radius 1 is 1.29 bits per heavy atom. The fourth-order valence-corrected chi connectivity index (χ4v) is 3.22. The summed E-state index contributed by atoms with van der Waals surface area (Å²) in [5.41, 5.74) is 1.10. The van der Waals surface area contributed by atoms with Gasteiger partial charge in [0.25, 0.3) is 0 Å². The molecule has 1 heterocycles. The number of amides is 1. The second kappa shape index (κ2) is 6.23. The number of halogens is 1. The fourth-order valence-electron chi connectivity index (χ4n) is 2.27. The quantitative estimate of drug-likeness (QED) is 0.736. The zero-order valence-corrected chi connectivity index (χ0v) is 13.8. The van der Waals surface area contributed by atoms with Gasteiger partial charge in [0, 0.05) is 16.8 Å². The van der Waals surface area contributed by atoms with E-state index >= 15 is 0 Å². The molecule has 3 aromatic rings. The van der Waals surface area contributed by atoms with Crippen molar-refractivity contribution in [2.24, 2.45) is 5.14 Å². The van der Waals surface area contributed by atoms with Gasteiger partial charge in [-0.05, 0) is 17.7 Å². The summed E-state index contributed by atoms with van der Waals surface area (Å²) in [6.07, 6.45) is 1.29. The van der Waals surface area contributed by atoms with Gasteiger partial charge in [0.15, 0.2) is 5.58 Å². The SMILES string of the molecule is NS(=O)(=O)c1cc(NC(=O)Cc2ccccc2Cl)cc2oncc12. The van der Waals surface area contributed by atoms with Gasteiger partial charge < -0.3 is 9.84 Å². The van der Waals surface area contributed by atoms with Gasteiger partial charge in [-0.15, -0.1) is 0 Å². The van der Waals surface area contributed by atoms with Crippen LogP contribution in [0.15, 0.2) is 52.0 Å². The van der Waals surface area contributed by atoms with Crippen molar-refractivity contribution in [3.8, 4) is 0 Å². The van der Waals surface area contributed by atoms with E-state index in [1.807, 2.05) is 0 Å². The maximum absolute atomic E-state index is 12.2. The van der Waals surface area contributed by atoms with E-state index in [0.29, 0.717) is 10.6 Å². The minimum absolute atomic E-state index is 0.0405. The van der Waals surface area contributed by atoms with Crippen molar-refractivity contribution in [3.63, 3.8) is 0 Å². The normalized spacial score (nSPS) is 11.6. The first-order chi connectivity index (χ1) is 11.3. The molecule has 0 aliphatic carbocycles. The van der Waals surface area contributed by atoms with E-state index in [9.17, 15) is 13.2 Å². The first-order valence-electron chi connectivity index (χ1n) is 6.79. The highest BCUT2D eigenvalue weighted by Gasteiger charge is 2.18. The Balaban J connectivity index is 1.90. The van der Waals surface area contributed by atoms with Crippen LogP contribution in [-0.4, -0.2) is 19.5 Å². The van der Waals surface area contributed by atoms with Gasteiger partial charge in [-0.25, -0.2) is 13.6 Å². The lowest BCUT2D eigenvalue weighted by molar-refractivity contribution is -0.115. The molecule has 0 aliphatic rings. The van der Waals surface area contributed by atoms with Crippen LogP contribution in [0.2, 0.25) is 5.02 Å². The molecule has 0 unspecified atom stereocenters. The predicted molar refractivity (Wildman–Crippen MR) is 89.2 cm³/mol. The summed E-state index contributed by atoms with van der Waals surface area (Å²) in [4.78, 5) is 12.0. The molecule has 1 aromatic heterocycles. The zero-order valence-electron chi connectivity index (χ0n) is 12.2. The van der Waals surface area contributed by atoms with E-state index in [0.717, 1.165) is 0 Å². The van der Waals surface area contributed by atoms with E-state index in [1.54, 1.807) is 24.3 Å². The summed E-state index contributed by atoms with van der Waals surface area (Å²) in [6, 6.07) is 9.69. The maximum atomic E-state index is 12.2. The molecule has 0 spiro atoms. The average molecular weight is 366 g/mol. The smallest absolute Gasteiger partial charge is 0.238 e. The number of nitrogens with two attached hydrogens (primary N) is 1. The third-order valence-electron chi connectivity index (χ3n) is 3.34. The number of anilines is 1. The van der Waals surface area contributed by atoms with Crippen molar-refractivity contribution in [2.75, 3.05) is 5.32 Å². The number of fused-ring (bicyclic) bond motifs is 1. The Morgan fingerprint density at radius 3 is 2.75 bits per heavy atom. The minimum Gasteiger partial charge on any atom is -0.356 e. The number of hydrogen-bond acceptors (Lipinski definition) is 5. The van der Waals surface area contributed by atoms with Gasteiger partial charge in [0.2, 0.25) is 15.9 Å². The van der Waals surface area contributed by atoms with Gasteiger partial charge in [-0.1, -0.05) is 35.0 Å². The van der Waals surface area contributed by atoms with Crippen LogP contribution in [-0.2, 0) is 21.2 Å². The van der Waals surface area contributed by atoms with Crippen LogP contribution < -0.4 is 10.5 Å². The van der Waals surface area contributed by atoms with Crippen LogP contribution in [0.5, 0.6) is 0 Å². The number of sulfonamides is 1. The molecule has 0 saturated carbocycles. The summed E-state index contributed by atoms with van der Waals surface area (Å²) in [7, 11) is -4.00. The Labute approximate surface area is 142 Å². The third-order valence-corrected chi connectivity index (χ3v) is 4.66. The molecule has 3 N–H and O–H groups in total. The highest BCUT2D eigenvalue weighted by molar-refractivity contribution is 7.89. The van der Waals surface area contributed by atoms with Crippen LogP contribution in [0, 0.1) is 0 Å². The third kappa shape index (κ3) is 3.40. The summed E-state index contributed by atoms with van der Waals surface area (Å²) in [6.45, 7) is 0. The molecule has 0 atom stereocenters. The summed E-state index contributed by atoms with van der Waals surface area (Å²) in [5.74, 6) is -0.359. The van der Waals surface area contributed by atoms with Gasteiger partial charge in [0.05, 0.1) is 22.9 Å². The van der Waals surface area contributed by atoms with Gasteiger partial charge >= 0.3 is 0 Å². The number of benzene rings is 2. The highest BCUT2D eigenvalue weighted by atomic mass is 35.5. The number of rotatable bonds is 4. The molecule has 0 bridgehead atoms. The lowest BCUT2D eigenvalue weighted by atomic mass is 10.1. The lowest BCUT2D eigenvalue weighted by Crippen LogP contribution is -2.16. The number of aromatic nitrogens is 1. The Bertz CT molecular complexity index is 1030. The number of carbonyl (C=O) groups is 1. The fraction of sp³-hybridized carbons (Fsp3) is 0.0667. The standard InChI is InChI=1S/C15H12ClN3O4S/c16-12-4-2-1-3-9(12)5-15(20)19-10-6-13-11(8-18-23-13)14(7-10)24(17,21)22/h1-4,6-8H,5H2,(H,19,20)(H2,17,21,22). The average Bonchev–Trinajstić information content (AvgIpc) is 2.96. The molecule has 9 heteroatoms. The molecule has 0 saturated heterocycles. The summed E-state index contributed by atoms with van der Waals surface area (Å²) < 4.78 is 28.4. The summed E-state index contributed by atoms with van der Waals surface area (Å²) in [5, 5.41) is 12.1. The number of nitrogens with one attached hydrogen (secondary N) is 1. The summed E-state index contributed by atoms with van der Waals surface area (Å²) >= 11 is 6.02. The molecule has 0 fully saturated rings. The Kier molecular flexibility index (Phi) is 4.27. The largest absolute Gasteiger partial charge is 0.356 e. The van der Waals surface area contributed by atoms with Crippen molar-refractivity contribution >= 4 is 44.2 Å². The molecule has 0 aliphatic heterocycles. The molecule has 7 nitrogen and oxygen atoms in total. The van der Waals surface area contributed by atoms with Crippen molar-refractivity contribution in [3.05, 3.63) is 53.2 Å². The van der Waals surface area contributed by atoms with Gasteiger partial charge in [-0.2, -0.15) is 0 Å². The number of carbonyl (C=O) groups excluding carboxylic acids is 1. The van der Waals surface area contributed by atoms with Crippen LogP contribution >= 0.6 is 11.6 Å². The number of nitrogens with zero attached hydrogens (tertiary/aromatic N) is 1. The van der Waals surface area contributed by atoms with Crippen molar-refractivity contribution in [1.82, 2.24) is 5.16 Å². The van der Waals surface area contributed by atoms with Crippen LogP contribution in [0.1, 0.15) is 5.56 Å². The van der Waals surface area contributed by atoms with Crippen molar-refractivity contribution in [2.45, 2.75) is 11.3 Å². The zero-order chi connectivity index (χ0) is 17.3. The van der Waals surface area contributed by atoms with Gasteiger partial charge in [-0.3, -0.25) is 4.79 Å². The first-order valence-corrected chi connectivity index (χ1v) is 8.71. The van der Waals surface area contributed by atoms with Crippen LogP contribution in [0.4, 0.5) is 5.69 Å². The topological polar surface area (TPSA) is 115 Å². The monoisotopic (exact) mass is 365 g/mol. The molecule has 124 valence electrons. The number of hydrogen-bond donors (Lipinski definition) is 2. The van der Waals surface area contributed by atoms with Crippen LogP contribution in [0.3, 0.4) is 0 Å². The van der Waals surface area contributed by atoms with E-state index < -0.39 is 10.0 Å². The number of primary sulfonamides is 1. The lowest BCUT2D eigenvalue weighted by Gasteiger charge is -2.08. The maximum Gasteiger partial charge on any atom is 0.238 e. The van der Waals surface area contributed by atoms with E-state index in [-0.39, 0.29) is 33.9 Å². The van der Waals surface area contributed by atoms with Gasteiger partial charge in [0.1, 0.15) is 0 Å². The Hall–Kier alpha value is -2.42. The molecule has 3 rings (SSSR count). The van der Waals surface area contributed by atoms with Crippen LogP contribution in [0.25, 0.3) is 11.0 Å². The van der Waals surface area contributed by atoms with Crippen molar-refractivity contribution in [1.29, 1.82) is 0 Å².